The van der Waals surface area contributed by atoms with Gasteiger partial charge in [-0.3, -0.25) is 4.79 Å². The largest absolute Gasteiger partial charge is 0.491 e. The summed E-state index contributed by atoms with van der Waals surface area (Å²) in [5, 5.41) is 3.01. The normalized spacial score (nSPS) is 11.0. The molecule has 0 fully saturated rings. The summed E-state index contributed by atoms with van der Waals surface area (Å²) in [6.45, 7) is 7.92. The Morgan fingerprint density at radius 3 is 2.50 bits per heavy atom. The zero-order chi connectivity index (χ0) is 22.5. The number of imidazole rings is 1. The fourth-order valence-electron chi connectivity index (χ4n) is 3.87. The Morgan fingerprint density at radius 1 is 0.969 bits per heavy atom. The molecule has 1 N–H and O–H groups in total. The number of rotatable bonds is 8. The van der Waals surface area contributed by atoms with E-state index >= 15 is 0 Å². The third-order valence-corrected chi connectivity index (χ3v) is 5.58. The predicted molar refractivity (Wildman–Crippen MR) is 128 cm³/mol. The summed E-state index contributed by atoms with van der Waals surface area (Å²) in [6, 6.07) is 21.9. The predicted octanol–water partition coefficient (Wildman–Crippen LogP) is 5.01. The number of ether oxygens (including phenoxy) is 1. The number of carbonyl (C=O) groups excluding carboxylic acids is 1. The van der Waals surface area contributed by atoms with E-state index in [9.17, 15) is 4.79 Å². The van der Waals surface area contributed by atoms with Gasteiger partial charge in [-0.1, -0.05) is 47.5 Å². The van der Waals surface area contributed by atoms with Crippen molar-refractivity contribution in [3.63, 3.8) is 0 Å². The Bertz CT molecular complexity index is 1230. The van der Waals surface area contributed by atoms with Crippen molar-refractivity contribution in [3.8, 4) is 5.75 Å². The van der Waals surface area contributed by atoms with Crippen molar-refractivity contribution in [2.24, 2.45) is 0 Å². The third-order valence-electron chi connectivity index (χ3n) is 5.58. The van der Waals surface area contributed by atoms with Crippen LogP contribution in [0.4, 0.5) is 0 Å². The number of nitrogens with zero attached hydrogens (tertiary/aromatic N) is 2. The maximum absolute atomic E-state index is 12.4. The molecule has 0 bridgehead atoms. The Labute approximate surface area is 189 Å². The number of para-hydroxylation sites is 2. The summed E-state index contributed by atoms with van der Waals surface area (Å²) in [6.07, 6.45) is 0.649. The Morgan fingerprint density at radius 2 is 1.72 bits per heavy atom. The van der Waals surface area contributed by atoms with E-state index in [-0.39, 0.29) is 5.91 Å². The van der Waals surface area contributed by atoms with Gasteiger partial charge in [0.2, 0.25) is 0 Å². The lowest BCUT2D eigenvalue weighted by Gasteiger charge is -2.13. The molecular weight excluding hydrogens is 398 g/mol. The minimum atomic E-state index is -0.0640. The molecule has 0 aliphatic rings. The van der Waals surface area contributed by atoms with Gasteiger partial charge in [-0.15, -0.1) is 0 Å². The van der Waals surface area contributed by atoms with Crippen LogP contribution in [0.25, 0.3) is 11.0 Å². The second-order valence-corrected chi connectivity index (χ2v) is 8.16. The van der Waals surface area contributed by atoms with Crippen LogP contribution in [-0.2, 0) is 13.0 Å². The van der Waals surface area contributed by atoms with Crippen molar-refractivity contribution in [3.05, 3.63) is 94.8 Å². The quantitative estimate of drug-likeness (QED) is 0.430. The molecule has 0 radical (unpaired) electrons. The van der Waals surface area contributed by atoms with Crippen molar-refractivity contribution >= 4 is 16.9 Å². The Hall–Kier alpha value is -3.60. The van der Waals surface area contributed by atoms with Gasteiger partial charge in [0.25, 0.3) is 5.91 Å². The molecule has 164 valence electrons. The molecule has 1 heterocycles. The first-order valence-corrected chi connectivity index (χ1v) is 11.0. The lowest BCUT2D eigenvalue weighted by molar-refractivity contribution is 0.0954. The van der Waals surface area contributed by atoms with Crippen LogP contribution in [0.1, 0.15) is 32.9 Å². The maximum Gasteiger partial charge on any atom is 0.251 e. The Kier molecular flexibility index (Phi) is 6.55. The number of aromatic nitrogens is 2. The highest BCUT2D eigenvalue weighted by atomic mass is 16.5. The van der Waals surface area contributed by atoms with Crippen LogP contribution in [0, 0.1) is 20.8 Å². The van der Waals surface area contributed by atoms with Crippen LogP contribution >= 0.6 is 0 Å². The van der Waals surface area contributed by atoms with E-state index < -0.39 is 0 Å². The van der Waals surface area contributed by atoms with Gasteiger partial charge >= 0.3 is 0 Å². The van der Waals surface area contributed by atoms with Gasteiger partial charge in [0.15, 0.2) is 0 Å². The summed E-state index contributed by atoms with van der Waals surface area (Å²) in [4.78, 5) is 17.2. The van der Waals surface area contributed by atoms with Crippen molar-refractivity contribution in [2.75, 3.05) is 13.2 Å². The SMILES string of the molecule is Cc1ccc(C(=O)NCCc2nc3ccccc3n2CCOc2ccc(C)cc2C)cc1. The third kappa shape index (κ3) is 4.99. The van der Waals surface area contributed by atoms with Crippen LogP contribution in [0.3, 0.4) is 0 Å². The molecule has 4 rings (SSSR count). The van der Waals surface area contributed by atoms with E-state index in [1.54, 1.807) is 0 Å². The lowest BCUT2D eigenvalue weighted by Crippen LogP contribution is -2.26. The van der Waals surface area contributed by atoms with Crippen molar-refractivity contribution < 1.29 is 9.53 Å². The maximum atomic E-state index is 12.4. The van der Waals surface area contributed by atoms with Gasteiger partial charge < -0.3 is 14.6 Å². The van der Waals surface area contributed by atoms with E-state index in [4.69, 9.17) is 9.72 Å². The summed E-state index contributed by atoms with van der Waals surface area (Å²) in [5.41, 5.74) is 6.21. The van der Waals surface area contributed by atoms with Crippen LogP contribution in [0.5, 0.6) is 5.75 Å². The van der Waals surface area contributed by atoms with Crippen molar-refractivity contribution in [1.29, 1.82) is 0 Å². The molecule has 3 aromatic carbocycles. The molecule has 1 aromatic heterocycles. The molecule has 32 heavy (non-hydrogen) atoms. The van der Waals surface area contributed by atoms with Gasteiger partial charge in [0.05, 0.1) is 17.6 Å². The fraction of sp³-hybridized carbons (Fsp3) is 0.259. The molecule has 1 amide bonds. The van der Waals surface area contributed by atoms with E-state index in [1.807, 2.05) is 55.5 Å². The molecule has 4 aromatic rings. The molecule has 0 spiro atoms. The van der Waals surface area contributed by atoms with Crippen LogP contribution in [-0.4, -0.2) is 28.6 Å². The fourth-order valence-corrected chi connectivity index (χ4v) is 3.87. The number of amides is 1. The first kappa shape index (κ1) is 21.6. The first-order chi connectivity index (χ1) is 15.5. The molecule has 0 aliphatic heterocycles. The summed E-state index contributed by atoms with van der Waals surface area (Å²) in [7, 11) is 0. The number of benzene rings is 3. The van der Waals surface area contributed by atoms with Gasteiger partial charge in [0, 0.05) is 18.5 Å². The monoisotopic (exact) mass is 427 g/mol. The smallest absolute Gasteiger partial charge is 0.251 e. The topological polar surface area (TPSA) is 56.2 Å². The number of hydrogen-bond acceptors (Lipinski definition) is 3. The highest BCUT2D eigenvalue weighted by Crippen LogP contribution is 2.20. The molecule has 5 nitrogen and oxygen atoms in total. The second kappa shape index (κ2) is 9.69. The van der Waals surface area contributed by atoms with Crippen LogP contribution < -0.4 is 10.1 Å². The molecule has 0 atom stereocenters. The zero-order valence-electron chi connectivity index (χ0n) is 18.9. The minimum Gasteiger partial charge on any atom is -0.491 e. The van der Waals surface area contributed by atoms with Crippen molar-refractivity contribution in [1.82, 2.24) is 14.9 Å². The van der Waals surface area contributed by atoms with Gasteiger partial charge in [-0.2, -0.15) is 0 Å². The van der Waals surface area contributed by atoms with Gasteiger partial charge in [-0.05, 0) is 56.7 Å². The molecule has 0 unspecified atom stereocenters. The zero-order valence-corrected chi connectivity index (χ0v) is 18.9. The number of fused-ring (bicyclic) bond motifs is 1. The first-order valence-electron chi connectivity index (χ1n) is 11.0. The number of aryl methyl sites for hydroxylation is 3. The highest BCUT2D eigenvalue weighted by Gasteiger charge is 2.12. The van der Waals surface area contributed by atoms with Crippen LogP contribution in [0.15, 0.2) is 66.7 Å². The van der Waals surface area contributed by atoms with Gasteiger partial charge in [0.1, 0.15) is 18.2 Å². The molecule has 5 heteroatoms. The minimum absolute atomic E-state index is 0.0640. The van der Waals surface area contributed by atoms with Crippen molar-refractivity contribution in [2.45, 2.75) is 33.7 Å². The van der Waals surface area contributed by atoms with Gasteiger partial charge in [-0.25, -0.2) is 4.98 Å². The number of hydrogen-bond donors (Lipinski definition) is 1. The van der Waals surface area contributed by atoms with Crippen LogP contribution in [0.2, 0.25) is 0 Å². The molecular formula is C27H29N3O2. The number of nitrogens with one attached hydrogen (secondary N) is 1. The number of carbonyl (C=O) groups is 1. The summed E-state index contributed by atoms with van der Waals surface area (Å²) >= 11 is 0. The summed E-state index contributed by atoms with van der Waals surface area (Å²) in [5.74, 6) is 1.79. The van der Waals surface area contributed by atoms with E-state index in [2.05, 4.69) is 41.9 Å². The van der Waals surface area contributed by atoms with E-state index in [0.717, 1.165) is 33.7 Å². The molecule has 0 saturated carbocycles. The second-order valence-electron chi connectivity index (χ2n) is 8.16. The average molecular weight is 428 g/mol. The summed E-state index contributed by atoms with van der Waals surface area (Å²) < 4.78 is 8.25. The lowest BCUT2D eigenvalue weighted by atomic mass is 10.1. The molecule has 0 saturated heterocycles. The molecule has 0 aliphatic carbocycles. The standard InChI is InChI=1S/C27H29N3O2/c1-19-8-11-22(12-9-19)27(31)28-15-14-26-29-23-6-4-5-7-24(23)30(26)16-17-32-25-13-10-20(2)18-21(25)3/h4-13,18H,14-17H2,1-3H3,(H,28,31). The highest BCUT2D eigenvalue weighted by molar-refractivity contribution is 5.94. The Balaban J connectivity index is 1.42. The van der Waals surface area contributed by atoms with E-state index in [0.29, 0.717) is 31.7 Å². The van der Waals surface area contributed by atoms with E-state index in [1.165, 1.54) is 5.56 Å². The average Bonchev–Trinajstić information content (AvgIpc) is 3.13.